The van der Waals surface area contributed by atoms with Crippen molar-refractivity contribution in [3.8, 4) is 0 Å². The van der Waals surface area contributed by atoms with Crippen LogP contribution in [-0.4, -0.2) is 31.6 Å². The second kappa shape index (κ2) is 4.33. The van der Waals surface area contributed by atoms with Crippen molar-refractivity contribution in [1.29, 1.82) is 0 Å². The number of thioether (sulfide) groups is 1. The zero-order chi connectivity index (χ0) is 11.8. The zero-order valence-corrected chi connectivity index (χ0v) is 10.3. The minimum atomic E-state index is -0.802. The number of rotatable bonds is 6. The first-order chi connectivity index (χ1) is 8.24. The molecule has 0 spiro atoms. The Morgan fingerprint density at radius 3 is 2.71 bits per heavy atom. The van der Waals surface area contributed by atoms with Crippen molar-refractivity contribution in [2.24, 2.45) is 5.92 Å². The van der Waals surface area contributed by atoms with Crippen molar-refractivity contribution in [1.82, 2.24) is 14.8 Å². The lowest BCUT2D eigenvalue weighted by Gasteiger charge is -2.07. The van der Waals surface area contributed by atoms with Crippen molar-refractivity contribution in [3.63, 3.8) is 0 Å². The highest BCUT2D eigenvalue weighted by Gasteiger charge is 2.32. The molecule has 2 aliphatic carbocycles. The zero-order valence-electron chi connectivity index (χ0n) is 9.50. The van der Waals surface area contributed by atoms with Gasteiger partial charge in [0.25, 0.3) is 0 Å². The first kappa shape index (κ1) is 11.1. The van der Waals surface area contributed by atoms with Crippen LogP contribution in [0.5, 0.6) is 0 Å². The molecule has 1 N–H and O–H groups in total. The molecule has 0 unspecified atom stereocenters. The Morgan fingerprint density at radius 1 is 1.35 bits per heavy atom. The third-order valence-electron chi connectivity index (χ3n) is 3.14. The highest BCUT2D eigenvalue weighted by Crippen LogP contribution is 2.40. The fourth-order valence-corrected chi connectivity index (χ4v) is 2.70. The number of nitrogens with zero attached hydrogens (tertiary/aromatic N) is 3. The van der Waals surface area contributed by atoms with E-state index in [-0.39, 0.29) is 5.75 Å². The minimum absolute atomic E-state index is 0.0638. The fraction of sp³-hybridized carbons (Fsp3) is 0.727. The van der Waals surface area contributed by atoms with Gasteiger partial charge in [-0.05, 0) is 31.6 Å². The van der Waals surface area contributed by atoms with Crippen molar-refractivity contribution in [3.05, 3.63) is 5.82 Å². The molecule has 0 aliphatic heterocycles. The number of hydrogen-bond acceptors (Lipinski definition) is 4. The highest BCUT2D eigenvalue weighted by molar-refractivity contribution is 7.99. The molecular formula is C11H15N3O2S. The molecule has 0 bridgehead atoms. The van der Waals surface area contributed by atoms with Crippen LogP contribution in [0.2, 0.25) is 0 Å². The Kier molecular flexibility index (Phi) is 2.82. The van der Waals surface area contributed by atoms with Gasteiger partial charge in [0.05, 0.1) is 5.75 Å². The van der Waals surface area contributed by atoms with Gasteiger partial charge in [-0.3, -0.25) is 4.79 Å². The number of carboxylic acids is 1. The van der Waals surface area contributed by atoms with Crippen LogP contribution in [0.25, 0.3) is 0 Å². The van der Waals surface area contributed by atoms with Crippen molar-refractivity contribution in [2.75, 3.05) is 5.75 Å². The van der Waals surface area contributed by atoms with E-state index in [9.17, 15) is 4.79 Å². The van der Waals surface area contributed by atoms with Gasteiger partial charge in [-0.25, -0.2) is 0 Å². The van der Waals surface area contributed by atoms with Gasteiger partial charge < -0.3 is 9.67 Å². The number of carbonyl (C=O) groups is 1. The van der Waals surface area contributed by atoms with E-state index in [1.165, 1.54) is 37.4 Å². The lowest BCUT2D eigenvalue weighted by atomic mass is 10.3. The molecule has 0 radical (unpaired) electrons. The van der Waals surface area contributed by atoms with Crippen LogP contribution in [0, 0.1) is 5.92 Å². The van der Waals surface area contributed by atoms with Gasteiger partial charge in [-0.15, -0.1) is 10.2 Å². The molecule has 0 aromatic carbocycles. The summed E-state index contributed by atoms with van der Waals surface area (Å²) in [5, 5.41) is 17.9. The van der Waals surface area contributed by atoms with Crippen LogP contribution >= 0.6 is 11.8 Å². The summed E-state index contributed by atoms with van der Waals surface area (Å²) in [6, 6.07) is 0.523. The van der Waals surface area contributed by atoms with Gasteiger partial charge in [0.1, 0.15) is 5.82 Å². The van der Waals surface area contributed by atoms with Gasteiger partial charge in [-0.2, -0.15) is 0 Å². The SMILES string of the molecule is O=C(O)CSc1nnc(CC2CC2)n1C1CC1. The van der Waals surface area contributed by atoms with E-state index in [2.05, 4.69) is 14.8 Å². The van der Waals surface area contributed by atoms with Crippen LogP contribution in [0.1, 0.15) is 37.5 Å². The minimum Gasteiger partial charge on any atom is -0.481 e. The molecule has 2 saturated carbocycles. The molecule has 1 aromatic rings. The van der Waals surface area contributed by atoms with E-state index in [4.69, 9.17) is 5.11 Å². The Balaban J connectivity index is 1.76. The molecule has 17 heavy (non-hydrogen) atoms. The van der Waals surface area contributed by atoms with Crippen LogP contribution < -0.4 is 0 Å². The molecule has 2 fully saturated rings. The Labute approximate surface area is 104 Å². The number of carboxylic acid groups (broad SMARTS) is 1. The second-order valence-corrected chi connectivity index (χ2v) is 5.77. The molecule has 0 amide bonds. The standard InChI is InChI=1S/C11H15N3O2S/c15-10(16)6-17-11-13-12-9(5-7-1-2-7)14(11)8-3-4-8/h7-8H,1-6H2,(H,15,16). The van der Waals surface area contributed by atoms with Gasteiger partial charge in [0.2, 0.25) is 0 Å². The number of aliphatic carboxylic acids is 1. The van der Waals surface area contributed by atoms with Crippen LogP contribution in [0.15, 0.2) is 5.16 Å². The maximum Gasteiger partial charge on any atom is 0.313 e. The maximum absolute atomic E-state index is 10.6. The van der Waals surface area contributed by atoms with Gasteiger partial charge in [0.15, 0.2) is 5.16 Å². The van der Waals surface area contributed by atoms with Gasteiger partial charge in [0, 0.05) is 12.5 Å². The quantitative estimate of drug-likeness (QED) is 0.782. The summed E-state index contributed by atoms with van der Waals surface area (Å²) in [6.07, 6.45) is 5.97. The van der Waals surface area contributed by atoms with E-state index in [1.807, 2.05) is 0 Å². The summed E-state index contributed by atoms with van der Waals surface area (Å²) < 4.78 is 2.17. The first-order valence-corrected chi connectivity index (χ1v) is 7.01. The molecule has 3 rings (SSSR count). The number of aromatic nitrogens is 3. The van der Waals surface area contributed by atoms with Gasteiger partial charge >= 0.3 is 5.97 Å². The summed E-state index contributed by atoms with van der Waals surface area (Å²) in [5.41, 5.74) is 0. The van der Waals surface area contributed by atoms with Crippen molar-refractivity contribution < 1.29 is 9.90 Å². The lowest BCUT2D eigenvalue weighted by Crippen LogP contribution is -2.06. The number of hydrogen-bond donors (Lipinski definition) is 1. The average molecular weight is 253 g/mol. The van der Waals surface area contributed by atoms with Crippen molar-refractivity contribution in [2.45, 2.75) is 43.3 Å². The molecule has 5 nitrogen and oxygen atoms in total. The first-order valence-electron chi connectivity index (χ1n) is 6.02. The normalized spacial score (nSPS) is 19.5. The molecule has 6 heteroatoms. The smallest absolute Gasteiger partial charge is 0.313 e. The van der Waals surface area contributed by atoms with E-state index in [1.54, 1.807) is 0 Å². The van der Waals surface area contributed by atoms with Crippen LogP contribution in [0.4, 0.5) is 0 Å². The van der Waals surface area contributed by atoms with Gasteiger partial charge in [-0.1, -0.05) is 11.8 Å². The molecule has 92 valence electrons. The third-order valence-corrected chi connectivity index (χ3v) is 4.07. The summed E-state index contributed by atoms with van der Waals surface area (Å²) >= 11 is 1.28. The second-order valence-electron chi connectivity index (χ2n) is 4.83. The summed E-state index contributed by atoms with van der Waals surface area (Å²) in [6.45, 7) is 0. The largest absolute Gasteiger partial charge is 0.481 e. The molecule has 1 aromatic heterocycles. The molecule has 0 atom stereocenters. The molecule has 2 aliphatic rings. The highest BCUT2D eigenvalue weighted by atomic mass is 32.2. The third kappa shape index (κ3) is 2.62. The fourth-order valence-electron chi connectivity index (χ4n) is 1.95. The topological polar surface area (TPSA) is 68.0 Å². The Hall–Kier alpha value is -1.04. The predicted octanol–water partition coefficient (Wildman–Crippen LogP) is 1.74. The van der Waals surface area contributed by atoms with E-state index in [0.717, 1.165) is 23.3 Å². The van der Waals surface area contributed by atoms with Crippen LogP contribution in [0.3, 0.4) is 0 Å². The predicted molar refractivity (Wildman–Crippen MR) is 63.1 cm³/mol. The summed E-state index contributed by atoms with van der Waals surface area (Å²) in [4.78, 5) is 10.6. The van der Waals surface area contributed by atoms with Crippen molar-refractivity contribution >= 4 is 17.7 Å². The van der Waals surface area contributed by atoms with E-state index < -0.39 is 5.97 Å². The molecular weight excluding hydrogens is 238 g/mol. The van der Waals surface area contributed by atoms with E-state index in [0.29, 0.717) is 6.04 Å². The Bertz CT molecular complexity index is 438. The molecule has 1 heterocycles. The summed E-state index contributed by atoms with van der Waals surface area (Å²) in [5.74, 6) is 1.11. The molecule has 0 saturated heterocycles. The maximum atomic E-state index is 10.6. The monoisotopic (exact) mass is 253 g/mol. The lowest BCUT2D eigenvalue weighted by molar-refractivity contribution is -0.133. The van der Waals surface area contributed by atoms with E-state index >= 15 is 0 Å². The Morgan fingerprint density at radius 2 is 2.12 bits per heavy atom. The average Bonchev–Trinajstić information content (AvgIpc) is 3.17. The van der Waals surface area contributed by atoms with Crippen LogP contribution in [-0.2, 0) is 11.2 Å². The summed E-state index contributed by atoms with van der Waals surface area (Å²) in [7, 11) is 0.